The molecule has 8 nitrogen and oxygen atoms in total. The minimum Gasteiger partial charge on any atom is -0.507 e. The first-order valence-corrected chi connectivity index (χ1v) is 12.2. The molecule has 1 N–H and O–H groups in total. The monoisotopic (exact) mass is 504 g/mol. The fourth-order valence-corrected chi connectivity index (χ4v) is 5.51. The molecule has 0 saturated carbocycles. The molecule has 0 aliphatic carbocycles. The van der Waals surface area contributed by atoms with Crippen LogP contribution >= 0.6 is 22.9 Å². The number of aliphatic hydroxyl groups is 1. The Morgan fingerprint density at radius 2 is 1.97 bits per heavy atom. The molecule has 180 valence electrons. The Balaban J connectivity index is 1.73. The van der Waals surface area contributed by atoms with Crippen LogP contribution in [0.3, 0.4) is 0 Å². The van der Waals surface area contributed by atoms with E-state index < -0.39 is 17.7 Å². The zero-order valence-corrected chi connectivity index (χ0v) is 20.4. The first kappa shape index (κ1) is 24.1. The number of aliphatic hydroxyl groups excluding tert-OH is 1. The van der Waals surface area contributed by atoms with Gasteiger partial charge in [-0.3, -0.25) is 9.59 Å². The van der Waals surface area contributed by atoms with E-state index in [-0.39, 0.29) is 29.0 Å². The standard InChI is InChI=1S/C24H25ClN2O6S/c1-3-33-24(31)26-10-8-15(9-11-26)27-20(18-5-4-12-34-18)19(22(29)23(27)30)21(28)16-13-14(25)6-7-17(16)32-2/h4-7,12-13,15,20,28H,3,8-11H2,1-2H3/b21-19-. The lowest BCUT2D eigenvalue weighted by atomic mass is 9.97. The fraction of sp³-hybridized carbons (Fsp3) is 0.375. The first-order chi connectivity index (χ1) is 16.4. The summed E-state index contributed by atoms with van der Waals surface area (Å²) >= 11 is 7.55. The molecule has 1 aromatic heterocycles. The summed E-state index contributed by atoms with van der Waals surface area (Å²) in [5.41, 5.74) is 0.243. The van der Waals surface area contributed by atoms with Crippen LogP contribution < -0.4 is 4.74 Å². The number of thiophene rings is 1. The van der Waals surface area contributed by atoms with Crippen molar-refractivity contribution in [2.24, 2.45) is 0 Å². The first-order valence-electron chi connectivity index (χ1n) is 11.0. The molecule has 2 fully saturated rings. The molecule has 4 rings (SSSR count). The summed E-state index contributed by atoms with van der Waals surface area (Å²) in [6.07, 6.45) is 0.605. The Hall–Kier alpha value is -3.04. The molecular formula is C24H25ClN2O6S. The number of piperidine rings is 1. The number of ether oxygens (including phenoxy) is 2. The fourth-order valence-electron chi connectivity index (χ4n) is 4.50. The van der Waals surface area contributed by atoms with Crippen LogP contribution in [0.5, 0.6) is 5.75 Å². The summed E-state index contributed by atoms with van der Waals surface area (Å²) in [5, 5.41) is 13.5. The quantitative estimate of drug-likeness (QED) is 0.367. The third-order valence-electron chi connectivity index (χ3n) is 6.09. The van der Waals surface area contributed by atoms with Gasteiger partial charge in [0.05, 0.1) is 30.9 Å². The second-order valence-corrected chi connectivity index (χ2v) is 9.40. The highest BCUT2D eigenvalue weighted by atomic mass is 35.5. The van der Waals surface area contributed by atoms with E-state index in [1.165, 1.54) is 24.5 Å². The molecule has 2 aliphatic heterocycles. The van der Waals surface area contributed by atoms with Crippen molar-refractivity contribution in [2.75, 3.05) is 26.8 Å². The maximum absolute atomic E-state index is 13.3. The zero-order valence-electron chi connectivity index (χ0n) is 18.8. The summed E-state index contributed by atoms with van der Waals surface area (Å²) in [6.45, 7) is 2.86. The number of nitrogens with zero attached hydrogens (tertiary/aromatic N) is 2. The predicted molar refractivity (Wildman–Crippen MR) is 128 cm³/mol. The average Bonchev–Trinajstić information content (AvgIpc) is 3.46. The molecule has 1 atom stereocenters. The third kappa shape index (κ3) is 4.37. The van der Waals surface area contributed by atoms with Crippen LogP contribution in [0.4, 0.5) is 4.79 Å². The normalized spacial score (nSPS) is 20.6. The number of benzene rings is 1. The van der Waals surface area contributed by atoms with Crippen LogP contribution in [0, 0.1) is 0 Å². The van der Waals surface area contributed by atoms with Crippen molar-refractivity contribution in [3.05, 3.63) is 56.7 Å². The molecule has 2 amide bonds. The van der Waals surface area contributed by atoms with Gasteiger partial charge >= 0.3 is 6.09 Å². The molecular weight excluding hydrogens is 480 g/mol. The van der Waals surface area contributed by atoms with E-state index in [1.54, 1.807) is 28.9 Å². The summed E-state index contributed by atoms with van der Waals surface area (Å²) in [6, 6.07) is 7.37. The molecule has 10 heteroatoms. The number of hydrogen-bond acceptors (Lipinski definition) is 7. The molecule has 2 aromatic rings. The van der Waals surface area contributed by atoms with Crippen molar-refractivity contribution in [3.8, 4) is 5.75 Å². The predicted octanol–water partition coefficient (Wildman–Crippen LogP) is 4.45. The SMILES string of the molecule is CCOC(=O)N1CCC(N2C(=O)C(=O)/C(=C(\O)c3cc(Cl)ccc3OC)C2c2cccs2)CC1. The molecule has 3 heterocycles. The van der Waals surface area contributed by atoms with E-state index in [0.717, 1.165) is 4.88 Å². The average molecular weight is 505 g/mol. The highest BCUT2D eigenvalue weighted by Gasteiger charge is 2.50. The van der Waals surface area contributed by atoms with E-state index >= 15 is 0 Å². The Morgan fingerprint density at radius 3 is 2.59 bits per heavy atom. The Kier molecular flexibility index (Phi) is 7.13. The Bertz CT molecular complexity index is 1120. The molecule has 0 spiro atoms. The van der Waals surface area contributed by atoms with Gasteiger partial charge in [-0.05, 0) is 49.4 Å². The van der Waals surface area contributed by atoms with E-state index in [4.69, 9.17) is 21.1 Å². The number of hydrogen-bond donors (Lipinski definition) is 1. The molecule has 34 heavy (non-hydrogen) atoms. The zero-order chi connectivity index (χ0) is 24.4. The number of carbonyl (C=O) groups is 3. The molecule has 1 aromatic carbocycles. The minimum absolute atomic E-state index is 0.000777. The van der Waals surface area contributed by atoms with Gasteiger partial charge in [0.25, 0.3) is 11.7 Å². The van der Waals surface area contributed by atoms with Crippen molar-refractivity contribution < 1.29 is 29.0 Å². The number of Topliss-reactive ketones (excluding diaryl/α,β-unsaturated/α-hetero) is 1. The lowest BCUT2D eigenvalue weighted by Gasteiger charge is -2.38. The molecule has 1 unspecified atom stereocenters. The Labute approximate surface area is 206 Å². The van der Waals surface area contributed by atoms with Crippen LogP contribution in [0.1, 0.15) is 36.2 Å². The topological polar surface area (TPSA) is 96.4 Å². The number of methoxy groups -OCH3 is 1. The largest absolute Gasteiger partial charge is 0.507 e. The van der Waals surface area contributed by atoms with Crippen LogP contribution in [-0.2, 0) is 14.3 Å². The van der Waals surface area contributed by atoms with E-state index in [1.807, 2.05) is 17.5 Å². The van der Waals surface area contributed by atoms with Gasteiger partial charge in [0, 0.05) is 29.0 Å². The lowest BCUT2D eigenvalue weighted by molar-refractivity contribution is -0.142. The molecule has 0 bridgehead atoms. The second-order valence-electron chi connectivity index (χ2n) is 7.98. The maximum atomic E-state index is 13.3. The molecule has 0 radical (unpaired) electrons. The number of rotatable bonds is 5. The van der Waals surface area contributed by atoms with Crippen molar-refractivity contribution in [1.29, 1.82) is 0 Å². The molecule has 2 saturated heterocycles. The lowest BCUT2D eigenvalue weighted by Crippen LogP contribution is -2.48. The van der Waals surface area contributed by atoms with E-state index in [9.17, 15) is 19.5 Å². The highest BCUT2D eigenvalue weighted by molar-refractivity contribution is 7.10. The van der Waals surface area contributed by atoms with E-state index in [2.05, 4.69) is 0 Å². The smallest absolute Gasteiger partial charge is 0.409 e. The van der Waals surface area contributed by atoms with Crippen LogP contribution in [-0.4, -0.2) is 65.5 Å². The van der Waals surface area contributed by atoms with Gasteiger partial charge in [-0.25, -0.2) is 4.79 Å². The van der Waals surface area contributed by atoms with Gasteiger partial charge in [-0.1, -0.05) is 17.7 Å². The number of likely N-dealkylation sites (tertiary alicyclic amines) is 2. The van der Waals surface area contributed by atoms with Gasteiger partial charge in [-0.2, -0.15) is 0 Å². The Morgan fingerprint density at radius 1 is 1.24 bits per heavy atom. The van der Waals surface area contributed by atoms with Gasteiger partial charge < -0.3 is 24.4 Å². The summed E-state index contributed by atoms with van der Waals surface area (Å²) in [5.74, 6) is -1.43. The van der Waals surface area contributed by atoms with Gasteiger partial charge in [0.2, 0.25) is 0 Å². The van der Waals surface area contributed by atoms with Crippen molar-refractivity contribution in [3.63, 3.8) is 0 Å². The highest BCUT2D eigenvalue weighted by Crippen LogP contribution is 2.44. The van der Waals surface area contributed by atoms with Crippen LogP contribution in [0.15, 0.2) is 41.3 Å². The van der Waals surface area contributed by atoms with Gasteiger partial charge in [0.1, 0.15) is 11.5 Å². The van der Waals surface area contributed by atoms with Crippen LogP contribution in [0.2, 0.25) is 5.02 Å². The number of amides is 2. The van der Waals surface area contributed by atoms with E-state index in [0.29, 0.717) is 43.3 Å². The van der Waals surface area contributed by atoms with Crippen molar-refractivity contribution in [1.82, 2.24) is 9.80 Å². The van der Waals surface area contributed by atoms with Gasteiger partial charge in [-0.15, -0.1) is 11.3 Å². The second kappa shape index (κ2) is 10.1. The summed E-state index contributed by atoms with van der Waals surface area (Å²) in [4.78, 5) is 42.5. The molecule has 2 aliphatic rings. The van der Waals surface area contributed by atoms with Crippen molar-refractivity contribution in [2.45, 2.75) is 31.8 Å². The number of halogens is 1. The minimum atomic E-state index is -0.759. The van der Waals surface area contributed by atoms with Crippen molar-refractivity contribution >= 4 is 46.5 Å². The van der Waals surface area contributed by atoms with Gasteiger partial charge in [0.15, 0.2) is 0 Å². The summed E-state index contributed by atoms with van der Waals surface area (Å²) in [7, 11) is 1.45. The number of ketones is 1. The van der Waals surface area contributed by atoms with Crippen LogP contribution in [0.25, 0.3) is 5.76 Å². The summed E-state index contributed by atoms with van der Waals surface area (Å²) < 4.78 is 10.4. The third-order valence-corrected chi connectivity index (χ3v) is 7.25. The maximum Gasteiger partial charge on any atom is 0.409 e. The number of carbonyl (C=O) groups excluding carboxylic acids is 3.